The van der Waals surface area contributed by atoms with Crippen molar-refractivity contribution < 1.29 is 15.0 Å². The Hall–Kier alpha value is -0.410. The number of fused-ring (bicyclic) bond motifs is 5. The zero-order chi connectivity index (χ0) is 17.3. The smallest absolute Gasteiger partial charge is 0.133 e. The summed E-state index contributed by atoms with van der Waals surface area (Å²) in [7, 11) is 0. The highest BCUT2D eigenvalue weighted by atomic mass is 16.3. The number of ketones is 1. The van der Waals surface area contributed by atoms with E-state index in [2.05, 4.69) is 13.8 Å². The summed E-state index contributed by atoms with van der Waals surface area (Å²) >= 11 is 0. The fourth-order valence-electron chi connectivity index (χ4n) is 8.03. The van der Waals surface area contributed by atoms with Crippen LogP contribution in [-0.2, 0) is 4.79 Å². The predicted molar refractivity (Wildman–Crippen MR) is 93.3 cm³/mol. The molecule has 0 radical (unpaired) electrons. The van der Waals surface area contributed by atoms with Gasteiger partial charge in [0.05, 0.1) is 12.2 Å². The molecule has 0 bridgehead atoms. The van der Waals surface area contributed by atoms with Crippen LogP contribution in [0.1, 0.15) is 72.1 Å². The van der Waals surface area contributed by atoms with E-state index in [1.54, 1.807) is 6.92 Å². The zero-order valence-corrected chi connectivity index (χ0v) is 15.5. The lowest BCUT2D eigenvalue weighted by molar-refractivity contribution is -0.178. The SMILES string of the molecule is CC(=O)[C@H]1CC[C@H]2[C@@H]3CCC4C[C@H](O)CC[C@]4(C)[C@H]3[C@@H](O)C[C@]12C. The number of hydrogen-bond acceptors (Lipinski definition) is 3. The van der Waals surface area contributed by atoms with E-state index in [4.69, 9.17) is 0 Å². The van der Waals surface area contributed by atoms with Crippen molar-refractivity contribution in [3.8, 4) is 0 Å². The number of rotatable bonds is 1. The van der Waals surface area contributed by atoms with Crippen LogP contribution in [0.3, 0.4) is 0 Å². The molecule has 4 fully saturated rings. The summed E-state index contributed by atoms with van der Waals surface area (Å²) in [5.41, 5.74) is 0.182. The van der Waals surface area contributed by atoms with E-state index in [-0.39, 0.29) is 29.0 Å². The molecule has 136 valence electrons. The number of carbonyl (C=O) groups is 1. The normalized spacial score (nSPS) is 57.0. The minimum Gasteiger partial charge on any atom is -0.393 e. The third kappa shape index (κ3) is 2.19. The standard InChI is InChI=1S/C21H34O3/c1-12(22)16-6-7-17-15-5-4-13-10-14(23)8-9-20(13,2)19(15)18(24)11-21(16,17)3/h13-19,23-24H,4-11H2,1-3H3/t13?,14-,15+,16-,17+,18+,19-,20+,21-/m1/s1. The van der Waals surface area contributed by atoms with E-state index in [0.717, 1.165) is 38.5 Å². The van der Waals surface area contributed by atoms with E-state index < -0.39 is 0 Å². The van der Waals surface area contributed by atoms with Crippen LogP contribution in [0.15, 0.2) is 0 Å². The molecule has 0 spiro atoms. The van der Waals surface area contributed by atoms with Crippen LogP contribution in [0.2, 0.25) is 0 Å². The Morgan fingerprint density at radius 1 is 1.00 bits per heavy atom. The van der Waals surface area contributed by atoms with E-state index >= 15 is 0 Å². The van der Waals surface area contributed by atoms with Gasteiger partial charge in [0.15, 0.2) is 0 Å². The fourth-order valence-corrected chi connectivity index (χ4v) is 8.03. The molecule has 0 aliphatic heterocycles. The zero-order valence-electron chi connectivity index (χ0n) is 15.5. The second-order valence-electron chi connectivity index (χ2n) is 10.0. The number of aliphatic hydroxyl groups is 2. The largest absolute Gasteiger partial charge is 0.393 e. The van der Waals surface area contributed by atoms with Gasteiger partial charge in [0.1, 0.15) is 5.78 Å². The van der Waals surface area contributed by atoms with E-state index in [1.165, 1.54) is 12.8 Å². The molecule has 9 atom stereocenters. The lowest BCUT2D eigenvalue weighted by Crippen LogP contribution is -2.59. The van der Waals surface area contributed by atoms with E-state index in [1.807, 2.05) is 0 Å². The van der Waals surface area contributed by atoms with E-state index in [9.17, 15) is 15.0 Å². The molecule has 3 heteroatoms. The monoisotopic (exact) mass is 334 g/mol. The lowest BCUT2D eigenvalue weighted by atomic mass is 9.44. The van der Waals surface area contributed by atoms with Gasteiger partial charge >= 0.3 is 0 Å². The van der Waals surface area contributed by atoms with Gasteiger partial charge in [0.25, 0.3) is 0 Å². The van der Waals surface area contributed by atoms with Crippen molar-refractivity contribution in [1.29, 1.82) is 0 Å². The highest BCUT2D eigenvalue weighted by molar-refractivity contribution is 5.79. The van der Waals surface area contributed by atoms with Gasteiger partial charge in [0.2, 0.25) is 0 Å². The molecule has 0 amide bonds. The molecule has 0 saturated heterocycles. The third-order valence-electron chi connectivity index (χ3n) is 9.06. The molecule has 0 aromatic heterocycles. The van der Waals surface area contributed by atoms with Crippen molar-refractivity contribution in [2.24, 2.45) is 40.4 Å². The van der Waals surface area contributed by atoms with Crippen LogP contribution in [-0.4, -0.2) is 28.2 Å². The number of Topliss-reactive ketones (excluding diaryl/α,β-unsaturated/α-hetero) is 1. The van der Waals surface area contributed by atoms with Crippen LogP contribution in [0.5, 0.6) is 0 Å². The van der Waals surface area contributed by atoms with Gasteiger partial charge in [-0.15, -0.1) is 0 Å². The summed E-state index contributed by atoms with van der Waals surface area (Å²) in [6.07, 6.45) is 7.80. The Bertz CT molecular complexity index is 531. The molecule has 3 nitrogen and oxygen atoms in total. The first-order valence-electron chi connectivity index (χ1n) is 10.1. The van der Waals surface area contributed by atoms with Gasteiger partial charge in [-0.25, -0.2) is 0 Å². The molecule has 0 heterocycles. The first-order chi connectivity index (χ1) is 11.3. The Kier molecular flexibility index (Phi) is 3.93. The molecule has 4 aliphatic carbocycles. The van der Waals surface area contributed by atoms with Crippen molar-refractivity contribution >= 4 is 5.78 Å². The number of hydrogen-bond donors (Lipinski definition) is 2. The van der Waals surface area contributed by atoms with Gasteiger partial charge in [-0.05, 0) is 92.8 Å². The Morgan fingerprint density at radius 2 is 1.75 bits per heavy atom. The molecule has 0 aromatic rings. The minimum atomic E-state index is -0.278. The van der Waals surface area contributed by atoms with Crippen LogP contribution in [0, 0.1) is 40.4 Å². The molecule has 24 heavy (non-hydrogen) atoms. The first kappa shape index (κ1) is 17.0. The van der Waals surface area contributed by atoms with Crippen molar-refractivity contribution in [1.82, 2.24) is 0 Å². The van der Waals surface area contributed by atoms with Gasteiger partial charge in [-0.1, -0.05) is 13.8 Å². The quantitative estimate of drug-likeness (QED) is 0.771. The molecule has 4 aliphatic rings. The number of carbonyl (C=O) groups excluding carboxylic acids is 1. The second-order valence-corrected chi connectivity index (χ2v) is 10.0. The average molecular weight is 335 g/mol. The van der Waals surface area contributed by atoms with Crippen molar-refractivity contribution in [3.63, 3.8) is 0 Å². The summed E-state index contributed by atoms with van der Waals surface area (Å²) < 4.78 is 0. The summed E-state index contributed by atoms with van der Waals surface area (Å²) in [4.78, 5) is 12.2. The lowest BCUT2D eigenvalue weighted by Gasteiger charge is -2.62. The Balaban J connectivity index is 1.67. The molecule has 1 unspecified atom stereocenters. The van der Waals surface area contributed by atoms with Gasteiger partial charge in [-0.3, -0.25) is 4.79 Å². The topological polar surface area (TPSA) is 57.5 Å². The Morgan fingerprint density at radius 3 is 2.46 bits per heavy atom. The van der Waals surface area contributed by atoms with Crippen molar-refractivity contribution in [2.75, 3.05) is 0 Å². The average Bonchev–Trinajstić information content (AvgIpc) is 2.84. The van der Waals surface area contributed by atoms with Gasteiger partial charge in [0, 0.05) is 5.92 Å². The summed E-state index contributed by atoms with van der Waals surface area (Å²) in [6, 6.07) is 0. The highest BCUT2D eigenvalue weighted by Crippen LogP contribution is 2.67. The summed E-state index contributed by atoms with van der Waals surface area (Å²) in [5, 5.41) is 21.3. The predicted octanol–water partition coefficient (Wildman–Crippen LogP) is 3.57. The Labute approximate surface area is 146 Å². The molecule has 4 saturated carbocycles. The fraction of sp³-hybridized carbons (Fsp3) is 0.952. The highest BCUT2D eigenvalue weighted by Gasteiger charge is 2.63. The van der Waals surface area contributed by atoms with Crippen LogP contribution >= 0.6 is 0 Å². The van der Waals surface area contributed by atoms with Crippen LogP contribution in [0.4, 0.5) is 0 Å². The van der Waals surface area contributed by atoms with Crippen molar-refractivity contribution in [3.05, 3.63) is 0 Å². The van der Waals surface area contributed by atoms with Crippen LogP contribution in [0.25, 0.3) is 0 Å². The second kappa shape index (κ2) is 5.54. The third-order valence-corrected chi connectivity index (χ3v) is 9.06. The minimum absolute atomic E-state index is 0.00376. The molecule has 0 aromatic carbocycles. The first-order valence-corrected chi connectivity index (χ1v) is 10.1. The van der Waals surface area contributed by atoms with Crippen molar-refractivity contribution in [2.45, 2.75) is 84.3 Å². The molecule has 4 rings (SSSR count). The summed E-state index contributed by atoms with van der Waals surface area (Å²) in [6.45, 7) is 6.43. The number of aliphatic hydroxyl groups excluding tert-OH is 2. The van der Waals surface area contributed by atoms with Gasteiger partial charge < -0.3 is 10.2 Å². The van der Waals surface area contributed by atoms with Crippen LogP contribution < -0.4 is 0 Å². The summed E-state index contributed by atoms with van der Waals surface area (Å²) in [5.74, 6) is 2.58. The maximum atomic E-state index is 12.2. The maximum Gasteiger partial charge on any atom is 0.133 e. The maximum absolute atomic E-state index is 12.2. The molecular weight excluding hydrogens is 300 g/mol. The van der Waals surface area contributed by atoms with Gasteiger partial charge in [-0.2, -0.15) is 0 Å². The molecule has 2 N–H and O–H groups in total. The molecular formula is C21H34O3. The van der Waals surface area contributed by atoms with E-state index in [0.29, 0.717) is 29.5 Å².